The average Bonchev–Trinajstić information content (AvgIpc) is 2.28. The van der Waals surface area contributed by atoms with Crippen LogP contribution in [-0.4, -0.2) is 16.8 Å². The SMILES string of the molecule is CC(C)(CCCCSc1cccc(Cl)c1)C(=O)O. The molecule has 0 saturated heterocycles. The number of benzene rings is 1. The van der Waals surface area contributed by atoms with Gasteiger partial charge in [-0.3, -0.25) is 4.79 Å². The van der Waals surface area contributed by atoms with Crippen molar-refractivity contribution in [2.24, 2.45) is 5.41 Å². The number of rotatable bonds is 7. The summed E-state index contributed by atoms with van der Waals surface area (Å²) in [5.74, 6) is 0.278. The lowest BCUT2D eigenvalue weighted by Crippen LogP contribution is -2.23. The molecule has 2 nitrogen and oxygen atoms in total. The van der Waals surface area contributed by atoms with Crippen LogP contribution in [0.2, 0.25) is 5.02 Å². The van der Waals surface area contributed by atoms with Gasteiger partial charge >= 0.3 is 5.97 Å². The predicted molar refractivity (Wildman–Crippen MR) is 77.4 cm³/mol. The molecule has 0 aromatic heterocycles. The molecular weight excluding hydrogens is 268 g/mol. The molecule has 1 aromatic carbocycles. The first-order valence-electron chi connectivity index (χ1n) is 6.03. The Hall–Kier alpha value is -0.670. The van der Waals surface area contributed by atoms with Crippen LogP contribution in [-0.2, 0) is 4.79 Å². The lowest BCUT2D eigenvalue weighted by molar-refractivity contribution is -0.147. The van der Waals surface area contributed by atoms with E-state index < -0.39 is 11.4 Å². The van der Waals surface area contributed by atoms with E-state index in [1.54, 1.807) is 25.6 Å². The summed E-state index contributed by atoms with van der Waals surface area (Å²) in [5.41, 5.74) is -0.610. The number of carboxylic acids is 1. The van der Waals surface area contributed by atoms with Gasteiger partial charge in [0.15, 0.2) is 0 Å². The second-order valence-electron chi connectivity index (χ2n) is 4.95. The molecule has 100 valence electrons. The summed E-state index contributed by atoms with van der Waals surface area (Å²) in [4.78, 5) is 12.1. The lowest BCUT2D eigenvalue weighted by Gasteiger charge is -2.18. The minimum Gasteiger partial charge on any atom is -0.481 e. The molecule has 0 spiro atoms. The Bertz CT molecular complexity index is 405. The van der Waals surface area contributed by atoms with Gasteiger partial charge in [0.2, 0.25) is 0 Å². The number of hydrogen-bond acceptors (Lipinski definition) is 2. The van der Waals surface area contributed by atoms with Crippen LogP contribution in [0.25, 0.3) is 0 Å². The van der Waals surface area contributed by atoms with Gasteiger partial charge in [-0.2, -0.15) is 0 Å². The van der Waals surface area contributed by atoms with E-state index in [-0.39, 0.29) is 0 Å². The van der Waals surface area contributed by atoms with E-state index in [4.69, 9.17) is 16.7 Å². The Morgan fingerprint density at radius 3 is 2.72 bits per heavy atom. The van der Waals surface area contributed by atoms with Gasteiger partial charge in [-0.1, -0.05) is 24.1 Å². The number of halogens is 1. The standard InChI is InChI=1S/C14H19ClO2S/c1-14(2,13(16)17)8-3-4-9-18-12-7-5-6-11(15)10-12/h5-7,10H,3-4,8-9H2,1-2H3,(H,16,17). The third-order valence-electron chi connectivity index (χ3n) is 2.84. The van der Waals surface area contributed by atoms with Crippen LogP contribution in [0.3, 0.4) is 0 Å². The summed E-state index contributed by atoms with van der Waals surface area (Å²) in [6.07, 6.45) is 2.68. The van der Waals surface area contributed by atoms with Crippen molar-refractivity contribution in [2.75, 3.05) is 5.75 Å². The molecule has 0 fully saturated rings. The van der Waals surface area contributed by atoms with Crippen LogP contribution >= 0.6 is 23.4 Å². The van der Waals surface area contributed by atoms with Crippen molar-refractivity contribution in [1.29, 1.82) is 0 Å². The molecule has 1 N–H and O–H groups in total. The first-order chi connectivity index (χ1) is 8.42. The topological polar surface area (TPSA) is 37.3 Å². The summed E-state index contributed by atoms with van der Waals surface area (Å²) in [6.45, 7) is 3.55. The van der Waals surface area contributed by atoms with Crippen molar-refractivity contribution in [3.63, 3.8) is 0 Å². The zero-order chi connectivity index (χ0) is 13.6. The van der Waals surface area contributed by atoms with Gasteiger partial charge in [-0.25, -0.2) is 0 Å². The molecule has 0 aliphatic heterocycles. The highest BCUT2D eigenvalue weighted by Crippen LogP contribution is 2.26. The second kappa shape index (κ2) is 7.05. The number of carboxylic acid groups (broad SMARTS) is 1. The van der Waals surface area contributed by atoms with Crippen LogP contribution in [0.4, 0.5) is 0 Å². The Morgan fingerprint density at radius 2 is 2.11 bits per heavy atom. The van der Waals surface area contributed by atoms with Gasteiger partial charge < -0.3 is 5.11 Å². The molecule has 0 bridgehead atoms. The number of unbranched alkanes of at least 4 members (excludes halogenated alkanes) is 1. The normalized spacial score (nSPS) is 11.5. The Kier molecular flexibility index (Phi) is 6.03. The average molecular weight is 287 g/mol. The maximum Gasteiger partial charge on any atom is 0.309 e. The van der Waals surface area contributed by atoms with Crippen molar-refractivity contribution in [3.8, 4) is 0 Å². The van der Waals surface area contributed by atoms with Crippen LogP contribution < -0.4 is 0 Å². The minimum absolute atomic E-state index is 0.610. The van der Waals surface area contributed by atoms with Crippen LogP contribution in [0.1, 0.15) is 33.1 Å². The van der Waals surface area contributed by atoms with E-state index in [1.165, 1.54) is 4.90 Å². The summed E-state index contributed by atoms with van der Waals surface area (Å²) < 4.78 is 0. The fourth-order valence-corrected chi connectivity index (χ4v) is 2.75. The van der Waals surface area contributed by atoms with Crippen LogP contribution in [0.5, 0.6) is 0 Å². The van der Waals surface area contributed by atoms with E-state index in [0.29, 0.717) is 0 Å². The molecule has 4 heteroatoms. The molecule has 0 unspecified atom stereocenters. The van der Waals surface area contributed by atoms with Gasteiger partial charge in [0, 0.05) is 9.92 Å². The van der Waals surface area contributed by atoms with E-state index in [0.717, 1.165) is 30.0 Å². The Balaban J connectivity index is 2.22. The molecule has 1 aromatic rings. The summed E-state index contributed by atoms with van der Waals surface area (Å²) >= 11 is 7.66. The maximum absolute atomic E-state index is 10.9. The second-order valence-corrected chi connectivity index (χ2v) is 6.56. The van der Waals surface area contributed by atoms with E-state index in [2.05, 4.69) is 0 Å². The minimum atomic E-state index is -0.718. The number of hydrogen-bond donors (Lipinski definition) is 1. The summed E-state index contributed by atoms with van der Waals surface area (Å²) in [5, 5.41) is 9.74. The Labute approximate surface area is 118 Å². The van der Waals surface area contributed by atoms with Crippen molar-refractivity contribution in [2.45, 2.75) is 38.0 Å². The molecule has 0 heterocycles. The molecule has 1 rings (SSSR count). The first kappa shape index (κ1) is 15.4. The lowest BCUT2D eigenvalue weighted by atomic mass is 9.88. The fourth-order valence-electron chi connectivity index (χ4n) is 1.52. The van der Waals surface area contributed by atoms with Crippen molar-refractivity contribution >= 4 is 29.3 Å². The Morgan fingerprint density at radius 1 is 1.39 bits per heavy atom. The maximum atomic E-state index is 10.9. The zero-order valence-electron chi connectivity index (χ0n) is 10.8. The largest absolute Gasteiger partial charge is 0.481 e. The van der Waals surface area contributed by atoms with Crippen molar-refractivity contribution < 1.29 is 9.90 Å². The number of aliphatic carboxylic acids is 1. The highest BCUT2D eigenvalue weighted by atomic mass is 35.5. The summed E-state index contributed by atoms with van der Waals surface area (Å²) in [7, 11) is 0. The van der Waals surface area contributed by atoms with Gasteiger partial charge in [-0.15, -0.1) is 11.8 Å². The smallest absolute Gasteiger partial charge is 0.309 e. The summed E-state index contributed by atoms with van der Waals surface area (Å²) in [6, 6.07) is 7.80. The molecular formula is C14H19ClO2S. The van der Waals surface area contributed by atoms with Crippen molar-refractivity contribution in [1.82, 2.24) is 0 Å². The quantitative estimate of drug-likeness (QED) is 0.582. The molecule has 0 saturated carbocycles. The van der Waals surface area contributed by atoms with E-state index in [1.807, 2.05) is 24.3 Å². The third kappa shape index (κ3) is 5.32. The van der Waals surface area contributed by atoms with Crippen LogP contribution in [0.15, 0.2) is 29.2 Å². The molecule has 0 aliphatic rings. The molecule has 0 amide bonds. The van der Waals surface area contributed by atoms with Crippen LogP contribution in [0, 0.1) is 5.41 Å². The van der Waals surface area contributed by atoms with Gasteiger partial charge in [0.1, 0.15) is 0 Å². The molecule has 18 heavy (non-hydrogen) atoms. The molecule has 0 atom stereocenters. The predicted octanol–water partition coefficient (Wildman–Crippen LogP) is 4.71. The highest BCUT2D eigenvalue weighted by molar-refractivity contribution is 7.99. The van der Waals surface area contributed by atoms with Gasteiger partial charge in [-0.05, 0) is 50.6 Å². The highest BCUT2D eigenvalue weighted by Gasteiger charge is 2.25. The molecule has 0 radical (unpaired) electrons. The number of thioether (sulfide) groups is 1. The molecule has 0 aliphatic carbocycles. The monoisotopic (exact) mass is 286 g/mol. The third-order valence-corrected chi connectivity index (χ3v) is 4.16. The van der Waals surface area contributed by atoms with Gasteiger partial charge in [0.25, 0.3) is 0 Å². The zero-order valence-corrected chi connectivity index (χ0v) is 12.4. The number of carbonyl (C=O) groups is 1. The van der Waals surface area contributed by atoms with E-state index in [9.17, 15) is 4.79 Å². The van der Waals surface area contributed by atoms with Crippen molar-refractivity contribution in [3.05, 3.63) is 29.3 Å². The first-order valence-corrected chi connectivity index (χ1v) is 7.40. The van der Waals surface area contributed by atoms with Gasteiger partial charge in [0.05, 0.1) is 5.41 Å². The fraction of sp³-hybridized carbons (Fsp3) is 0.500. The van der Waals surface area contributed by atoms with E-state index >= 15 is 0 Å².